The molecule has 1 saturated heterocycles. The molecule has 2 unspecified atom stereocenters. The maximum absolute atomic E-state index is 12.0. The molecule has 2 atom stereocenters. The number of amides is 2. The van der Waals surface area contributed by atoms with Crippen LogP contribution in [0.1, 0.15) is 35.4 Å². The standard InChI is InChI=1S/C22H29N5O2/c1-15-5-3-9-23-19(15)13-26(14-20-16(2)6-4-10-24-20)21-17-7-8-18(21)12-27(11-17)22(28)25-29/h3-6,9-10,17-18,21,29H,7-8,11-14H2,1-2H3,(H,25,28). The van der Waals surface area contributed by atoms with Crippen LogP contribution in [0.15, 0.2) is 36.7 Å². The minimum atomic E-state index is -0.395. The second-order valence-corrected chi connectivity index (χ2v) is 8.35. The predicted molar refractivity (Wildman–Crippen MR) is 109 cm³/mol. The first-order valence-electron chi connectivity index (χ1n) is 10.3. The second kappa shape index (κ2) is 8.47. The van der Waals surface area contributed by atoms with Crippen molar-refractivity contribution >= 4 is 6.03 Å². The first-order valence-corrected chi connectivity index (χ1v) is 10.3. The lowest BCUT2D eigenvalue weighted by Crippen LogP contribution is -2.55. The van der Waals surface area contributed by atoms with E-state index in [1.165, 1.54) is 11.1 Å². The lowest BCUT2D eigenvalue weighted by Gasteiger charge is -2.43. The molecule has 0 spiro atoms. The van der Waals surface area contributed by atoms with Gasteiger partial charge in [-0.1, -0.05) is 12.1 Å². The number of piperidine rings is 1. The molecule has 2 N–H and O–H groups in total. The van der Waals surface area contributed by atoms with E-state index in [2.05, 4.69) is 40.8 Å². The number of hydrogen-bond acceptors (Lipinski definition) is 5. The van der Waals surface area contributed by atoms with E-state index in [1.54, 1.807) is 10.4 Å². The van der Waals surface area contributed by atoms with Gasteiger partial charge in [0, 0.05) is 44.6 Å². The Balaban J connectivity index is 1.61. The van der Waals surface area contributed by atoms with Gasteiger partial charge in [-0.2, -0.15) is 0 Å². The van der Waals surface area contributed by atoms with E-state index in [-0.39, 0.29) is 0 Å². The van der Waals surface area contributed by atoms with Gasteiger partial charge in [0.2, 0.25) is 0 Å². The number of rotatable bonds is 5. The lowest BCUT2D eigenvalue weighted by molar-refractivity contribution is 0.0390. The van der Waals surface area contributed by atoms with E-state index < -0.39 is 6.03 Å². The Kier molecular flexibility index (Phi) is 5.78. The highest BCUT2D eigenvalue weighted by Gasteiger charge is 2.46. The van der Waals surface area contributed by atoms with Gasteiger partial charge in [0.15, 0.2) is 0 Å². The fourth-order valence-corrected chi connectivity index (χ4v) is 5.05. The van der Waals surface area contributed by atoms with E-state index in [4.69, 9.17) is 5.21 Å². The SMILES string of the molecule is Cc1cccnc1CN(Cc1ncccc1C)C1C2CCC1CN(C(=O)NO)C2. The largest absolute Gasteiger partial charge is 0.341 e. The Hall–Kier alpha value is -2.51. The smallest absolute Gasteiger partial charge is 0.322 e. The van der Waals surface area contributed by atoms with Crippen LogP contribution < -0.4 is 5.48 Å². The molecule has 0 aromatic carbocycles. The van der Waals surface area contributed by atoms with Gasteiger partial charge < -0.3 is 4.90 Å². The molecule has 3 heterocycles. The average Bonchev–Trinajstić information content (AvgIpc) is 2.99. The van der Waals surface area contributed by atoms with Crippen LogP contribution in [0, 0.1) is 25.7 Å². The Morgan fingerprint density at radius 2 is 1.59 bits per heavy atom. The average molecular weight is 396 g/mol. The molecule has 154 valence electrons. The fourth-order valence-electron chi connectivity index (χ4n) is 5.05. The third-order valence-corrected chi connectivity index (χ3v) is 6.53. The lowest BCUT2D eigenvalue weighted by atomic mass is 9.90. The fraction of sp³-hybridized carbons (Fsp3) is 0.500. The molecule has 2 aromatic rings. The van der Waals surface area contributed by atoms with Crippen molar-refractivity contribution in [3.63, 3.8) is 0 Å². The highest BCUT2D eigenvalue weighted by Crippen LogP contribution is 2.41. The number of fused-ring (bicyclic) bond motifs is 2. The van der Waals surface area contributed by atoms with E-state index in [0.717, 1.165) is 37.3 Å². The second-order valence-electron chi connectivity index (χ2n) is 8.35. The normalized spacial score (nSPS) is 23.4. The zero-order chi connectivity index (χ0) is 20.4. The molecule has 2 aliphatic rings. The van der Waals surface area contributed by atoms with Crippen molar-refractivity contribution in [3.05, 3.63) is 59.2 Å². The molecule has 0 radical (unpaired) electrons. The van der Waals surface area contributed by atoms with Crippen LogP contribution in [-0.4, -0.2) is 50.1 Å². The number of nitrogens with one attached hydrogen (secondary N) is 1. The minimum Gasteiger partial charge on any atom is -0.322 e. The number of carbonyl (C=O) groups is 1. The van der Waals surface area contributed by atoms with Crippen LogP contribution in [0.2, 0.25) is 0 Å². The molecule has 4 rings (SSSR count). The zero-order valence-electron chi connectivity index (χ0n) is 17.1. The summed E-state index contributed by atoms with van der Waals surface area (Å²) in [6.07, 6.45) is 5.91. The Labute approximate surface area is 171 Å². The van der Waals surface area contributed by atoms with E-state index >= 15 is 0 Å². The van der Waals surface area contributed by atoms with Crippen LogP contribution in [0.4, 0.5) is 4.79 Å². The van der Waals surface area contributed by atoms with E-state index in [0.29, 0.717) is 31.0 Å². The van der Waals surface area contributed by atoms with Gasteiger partial charge >= 0.3 is 6.03 Å². The summed E-state index contributed by atoms with van der Waals surface area (Å²) in [7, 11) is 0. The molecular weight excluding hydrogens is 366 g/mol. The summed E-state index contributed by atoms with van der Waals surface area (Å²) in [6, 6.07) is 8.14. The van der Waals surface area contributed by atoms with Crippen molar-refractivity contribution in [2.75, 3.05) is 13.1 Å². The molecule has 2 amide bonds. The highest BCUT2D eigenvalue weighted by atomic mass is 16.5. The zero-order valence-corrected chi connectivity index (χ0v) is 17.1. The van der Waals surface area contributed by atoms with Crippen molar-refractivity contribution in [2.45, 2.75) is 45.8 Å². The van der Waals surface area contributed by atoms with Crippen molar-refractivity contribution in [3.8, 4) is 0 Å². The number of aryl methyl sites for hydroxylation is 2. The first-order chi connectivity index (χ1) is 14.1. The van der Waals surface area contributed by atoms with Gasteiger partial charge in [0.25, 0.3) is 0 Å². The van der Waals surface area contributed by atoms with Crippen LogP contribution in [-0.2, 0) is 13.1 Å². The topological polar surface area (TPSA) is 81.6 Å². The summed E-state index contributed by atoms with van der Waals surface area (Å²) >= 11 is 0. The summed E-state index contributed by atoms with van der Waals surface area (Å²) in [5, 5.41) is 9.04. The van der Waals surface area contributed by atoms with Gasteiger partial charge in [-0.25, -0.2) is 10.3 Å². The number of hydrogen-bond donors (Lipinski definition) is 2. The monoisotopic (exact) mass is 395 g/mol. The number of pyridine rings is 2. The third kappa shape index (κ3) is 4.11. The van der Waals surface area contributed by atoms with Crippen molar-refractivity contribution in [1.29, 1.82) is 0 Å². The maximum atomic E-state index is 12.0. The van der Waals surface area contributed by atoms with Gasteiger partial charge in [-0.3, -0.25) is 20.1 Å². The Bertz CT molecular complexity index is 812. The first kappa shape index (κ1) is 19.8. The summed E-state index contributed by atoms with van der Waals surface area (Å²) in [5.74, 6) is 0.776. The maximum Gasteiger partial charge on any atom is 0.341 e. The van der Waals surface area contributed by atoms with Crippen molar-refractivity contribution in [2.24, 2.45) is 11.8 Å². The number of nitrogens with zero attached hydrogens (tertiary/aromatic N) is 4. The molecule has 2 aromatic heterocycles. The molecule has 29 heavy (non-hydrogen) atoms. The summed E-state index contributed by atoms with van der Waals surface area (Å²) in [4.78, 5) is 25.5. The van der Waals surface area contributed by atoms with Crippen molar-refractivity contribution in [1.82, 2.24) is 25.2 Å². The summed E-state index contributed by atoms with van der Waals surface area (Å²) in [6.45, 7) is 7.10. The summed E-state index contributed by atoms with van der Waals surface area (Å²) < 4.78 is 0. The predicted octanol–water partition coefficient (Wildman–Crippen LogP) is 2.90. The highest BCUT2D eigenvalue weighted by molar-refractivity contribution is 5.73. The van der Waals surface area contributed by atoms with Gasteiger partial charge in [0.1, 0.15) is 0 Å². The number of likely N-dealkylation sites (tertiary alicyclic amines) is 1. The van der Waals surface area contributed by atoms with Crippen molar-refractivity contribution < 1.29 is 10.0 Å². The molecule has 1 saturated carbocycles. The third-order valence-electron chi connectivity index (χ3n) is 6.53. The van der Waals surface area contributed by atoms with Crippen LogP contribution in [0.5, 0.6) is 0 Å². The van der Waals surface area contributed by atoms with Crippen LogP contribution in [0.25, 0.3) is 0 Å². The van der Waals surface area contributed by atoms with Gasteiger partial charge in [-0.05, 0) is 61.8 Å². The van der Waals surface area contributed by atoms with Gasteiger partial charge in [0.05, 0.1) is 11.4 Å². The molecule has 2 bridgehead atoms. The van der Waals surface area contributed by atoms with E-state index in [1.807, 2.05) is 24.5 Å². The number of hydroxylamine groups is 1. The molecule has 1 aliphatic heterocycles. The molecule has 7 heteroatoms. The molecule has 1 aliphatic carbocycles. The molecule has 7 nitrogen and oxygen atoms in total. The number of carbonyl (C=O) groups excluding carboxylic acids is 1. The summed E-state index contributed by atoms with van der Waals surface area (Å²) in [5.41, 5.74) is 6.37. The number of urea groups is 1. The molecule has 2 fully saturated rings. The minimum absolute atomic E-state index is 0.376. The van der Waals surface area contributed by atoms with Gasteiger partial charge in [-0.15, -0.1) is 0 Å². The van der Waals surface area contributed by atoms with Crippen LogP contribution in [0.3, 0.4) is 0 Å². The number of aromatic nitrogens is 2. The van der Waals surface area contributed by atoms with Crippen LogP contribution >= 0.6 is 0 Å². The Morgan fingerprint density at radius 3 is 2.03 bits per heavy atom. The van der Waals surface area contributed by atoms with E-state index in [9.17, 15) is 4.79 Å². The molecular formula is C22H29N5O2. The Morgan fingerprint density at radius 1 is 1.07 bits per heavy atom. The quantitative estimate of drug-likeness (QED) is 0.601.